The Morgan fingerprint density at radius 2 is 1.90 bits per heavy atom. The van der Waals surface area contributed by atoms with E-state index in [0.717, 1.165) is 21.8 Å². The highest BCUT2D eigenvalue weighted by molar-refractivity contribution is 7.17. The Labute approximate surface area is 174 Å². The number of ether oxygens (including phenoxy) is 3. The van der Waals surface area contributed by atoms with Gasteiger partial charge in [-0.05, 0) is 42.5 Å². The van der Waals surface area contributed by atoms with Crippen molar-refractivity contribution in [2.45, 2.75) is 13.2 Å². The molecule has 0 atom stereocenters. The summed E-state index contributed by atoms with van der Waals surface area (Å²) in [7, 11) is 0. The standard InChI is InChI=1S/C21H15F2NO5S/c22-21(23)29-14-7-5-13(6-8-14)24-18(25)11-28-20(26)17-9-12-10-27-16-4-2-1-3-15(16)19(12)30-17/h1-9,21H,10-11H2,(H,24,25). The minimum Gasteiger partial charge on any atom is -0.488 e. The number of thiophene rings is 1. The van der Waals surface area contributed by atoms with E-state index < -0.39 is 25.1 Å². The zero-order valence-corrected chi connectivity index (χ0v) is 16.2. The zero-order chi connectivity index (χ0) is 21.1. The van der Waals surface area contributed by atoms with Gasteiger partial charge < -0.3 is 19.5 Å². The van der Waals surface area contributed by atoms with E-state index in [1.54, 1.807) is 6.07 Å². The molecular formula is C21H15F2NO5S. The number of hydrogen-bond donors (Lipinski definition) is 1. The van der Waals surface area contributed by atoms with Crippen LogP contribution in [-0.4, -0.2) is 25.1 Å². The highest BCUT2D eigenvalue weighted by Crippen LogP contribution is 2.42. The lowest BCUT2D eigenvalue weighted by molar-refractivity contribution is -0.119. The molecule has 0 radical (unpaired) electrons. The van der Waals surface area contributed by atoms with Crippen LogP contribution in [-0.2, 0) is 16.1 Å². The molecule has 0 bridgehead atoms. The Bertz CT molecular complexity index is 1080. The molecule has 0 saturated carbocycles. The van der Waals surface area contributed by atoms with E-state index in [0.29, 0.717) is 17.2 Å². The second-order valence-electron chi connectivity index (χ2n) is 6.28. The second-order valence-corrected chi connectivity index (χ2v) is 7.33. The Balaban J connectivity index is 1.34. The Hall–Kier alpha value is -3.46. The number of hydrogen-bond acceptors (Lipinski definition) is 6. The molecule has 2 heterocycles. The van der Waals surface area contributed by atoms with Gasteiger partial charge >= 0.3 is 12.6 Å². The molecule has 4 rings (SSSR count). The monoisotopic (exact) mass is 431 g/mol. The van der Waals surface area contributed by atoms with Gasteiger partial charge in [0.2, 0.25) is 0 Å². The lowest BCUT2D eigenvalue weighted by Crippen LogP contribution is -2.20. The third-order valence-electron chi connectivity index (χ3n) is 4.22. The number of alkyl halides is 2. The third-order valence-corrected chi connectivity index (χ3v) is 5.41. The van der Waals surface area contributed by atoms with Crippen LogP contribution in [0.1, 0.15) is 15.2 Å². The number of esters is 1. The highest BCUT2D eigenvalue weighted by Gasteiger charge is 2.23. The minimum atomic E-state index is -2.92. The smallest absolute Gasteiger partial charge is 0.387 e. The van der Waals surface area contributed by atoms with Crippen molar-refractivity contribution in [2.24, 2.45) is 0 Å². The van der Waals surface area contributed by atoms with Crippen molar-refractivity contribution in [1.82, 2.24) is 0 Å². The number of benzene rings is 2. The van der Waals surface area contributed by atoms with Crippen LogP contribution in [0, 0.1) is 0 Å². The molecule has 0 spiro atoms. The van der Waals surface area contributed by atoms with Crippen LogP contribution in [0.5, 0.6) is 11.5 Å². The van der Waals surface area contributed by atoms with Crippen LogP contribution in [0.2, 0.25) is 0 Å². The normalized spacial score (nSPS) is 11.8. The predicted molar refractivity (Wildman–Crippen MR) is 106 cm³/mol. The quantitative estimate of drug-likeness (QED) is 0.573. The van der Waals surface area contributed by atoms with Crippen LogP contribution < -0.4 is 14.8 Å². The van der Waals surface area contributed by atoms with Crippen molar-refractivity contribution >= 4 is 28.9 Å². The summed E-state index contributed by atoms with van der Waals surface area (Å²) in [5.74, 6) is -0.429. The second kappa shape index (κ2) is 8.50. The fraction of sp³-hybridized carbons (Fsp3) is 0.143. The molecule has 0 saturated heterocycles. The van der Waals surface area contributed by atoms with Crippen molar-refractivity contribution in [2.75, 3.05) is 11.9 Å². The van der Waals surface area contributed by atoms with Gasteiger partial charge in [0.15, 0.2) is 6.61 Å². The molecule has 1 amide bonds. The highest BCUT2D eigenvalue weighted by atomic mass is 32.1. The largest absolute Gasteiger partial charge is 0.488 e. The van der Waals surface area contributed by atoms with E-state index in [2.05, 4.69) is 10.1 Å². The average molecular weight is 431 g/mol. The van der Waals surface area contributed by atoms with Gasteiger partial charge in [0.05, 0.1) is 0 Å². The van der Waals surface area contributed by atoms with Crippen molar-refractivity contribution in [3.8, 4) is 21.9 Å². The summed E-state index contributed by atoms with van der Waals surface area (Å²) < 4.78 is 39.3. The Morgan fingerprint density at radius 1 is 1.13 bits per heavy atom. The van der Waals surface area contributed by atoms with Crippen LogP contribution in [0.25, 0.3) is 10.4 Å². The first-order valence-electron chi connectivity index (χ1n) is 8.86. The van der Waals surface area contributed by atoms with Crippen LogP contribution in [0.15, 0.2) is 54.6 Å². The Kier molecular flexibility index (Phi) is 5.62. The number of nitrogens with one attached hydrogen (secondary N) is 1. The SMILES string of the molecule is O=C(COC(=O)c1cc2c(s1)-c1ccccc1OC2)Nc1ccc(OC(F)F)cc1. The number of rotatable bonds is 6. The molecule has 1 aromatic heterocycles. The first kappa shape index (κ1) is 19.8. The number of fused-ring (bicyclic) bond motifs is 3. The summed E-state index contributed by atoms with van der Waals surface area (Å²) in [6, 6.07) is 14.7. The van der Waals surface area contributed by atoms with E-state index in [1.807, 2.05) is 24.3 Å². The van der Waals surface area contributed by atoms with Gasteiger partial charge in [-0.3, -0.25) is 4.79 Å². The summed E-state index contributed by atoms with van der Waals surface area (Å²) in [5, 5.41) is 2.52. The van der Waals surface area contributed by atoms with Gasteiger partial charge in [-0.1, -0.05) is 12.1 Å². The maximum atomic E-state index is 12.4. The molecule has 2 aromatic carbocycles. The van der Waals surface area contributed by atoms with E-state index in [-0.39, 0.29) is 5.75 Å². The summed E-state index contributed by atoms with van der Waals surface area (Å²) in [6.45, 7) is -3.04. The first-order valence-corrected chi connectivity index (χ1v) is 9.68. The fourth-order valence-electron chi connectivity index (χ4n) is 2.92. The average Bonchev–Trinajstić information content (AvgIpc) is 3.18. The summed E-state index contributed by atoms with van der Waals surface area (Å²) >= 11 is 1.29. The third kappa shape index (κ3) is 4.41. The molecule has 1 aliphatic rings. The number of carbonyl (C=O) groups is 2. The summed E-state index contributed by atoms with van der Waals surface area (Å²) in [4.78, 5) is 25.7. The van der Waals surface area contributed by atoms with Crippen molar-refractivity contribution in [1.29, 1.82) is 0 Å². The number of amides is 1. The molecule has 154 valence electrons. The number of para-hydroxylation sites is 1. The van der Waals surface area contributed by atoms with Crippen LogP contribution in [0.4, 0.5) is 14.5 Å². The van der Waals surface area contributed by atoms with Gasteiger partial charge in [0.25, 0.3) is 5.91 Å². The minimum absolute atomic E-state index is 0.0263. The number of anilines is 1. The predicted octanol–water partition coefficient (Wildman–Crippen LogP) is 4.70. The topological polar surface area (TPSA) is 73.9 Å². The molecular weight excluding hydrogens is 416 g/mol. The first-order chi connectivity index (χ1) is 14.5. The van der Waals surface area contributed by atoms with E-state index in [9.17, 15) is 18.4 Å². The molecule has 6 nitrogen and oxygen atoms in total. The fourth-order valence-corrected chi connectivity index (χ4v) is 4.01. The van der Waals surface area contributed by atoms with Gasteiger partial charge in [0.1, 0.15) is 23.0 Å². The van der Waals surface area contributed by atoms with E-state index in [1.165, 1.54) is 35.6 Å². The number of halogens is 2. The van der Waals surface area contributed by atoms with Crippen LogP contribution in [0.3, 0.4) is 0 Å². The maximum absolute atomic E-state index is 12.4. The summed E-state index contributed by atoms with van der Waals surface area (Å²) in [6.07, 6.45) is 0. The van der Waals surface area contributed by atoms with Crippen molar-refractivity contribution in [3.63, 3.8) is 0 Å². The van der Waals surface area contributed by atoms with Gasteiger partial charge in [0, 0.05) is 21.7 Å². The lowest BCUT2D eigenvalue weighted by atomic mass is 10.1. The number of carbonyl (C=O) groups excluding carboxylic acids is 2. The van der Waals surface area contributed by atoms with E-state index >= 15 is 0 Å². The molecule has 0 aliphatic carbocycles. The van der Waals surface area contributed by atoms with Crippen LogP contribution >= 0.6 is 11.3 Å². The molecule has 9 heteroatoms. The molecule has 0 unspecified atom stereocenters. The molecule has 1 N–H and O–H groups in total. The van der Waals surface area contributed by atoms with Gasteiger partial charge in [-0.2, -0.15) is 8.78 Å². The van der Waals surface area contributed by atoms with Crippen molar-refractivity contribution in [3.05, 3.63) is 65.0 Å². The van der Waals surface area contributed by atoms with Gasteiger partial charge in [-0.25, -0.2) is 4.79 Å². The molecule has 3 aromatic rings. The van der Waals surface area contributed by atoms with Gasteiger partial charge in [-0.15, -0.1) is 11.3 Å². The zero-order valence-electron chi connectivity index (χ0n) is 15.4. The molecule has 1 aliphatic heterocycles. The Morgan fingerprint density at radius 3 is 2.67 bits per heavy atom. The molecule has 30 heavy (non-hydrogen) atoms. The maximum Gasteiger partial charge on any atom is 0.387 e. The summed E-state index contributed by atoms with van der Waals surface area (Å²) in [5.41, 5.74) is 2.17. The lowest BCUT2D eigenvalue weighted by Gasteiger charge is -2.16. The van der Waals surface area contributed by atoms with E-state index in [4.69, 9.17) is 9.47 Å². The molecule has 0 fully saturated rings. The van der Waals surface area contributed by atoms with Crippen molar-refractivity contribution < 1.29 is 32.6 Å².